The van der Waals surface area contributed by atoms with E-state index in [9.17, 15) is 14.0 Å². The Balaban J connectivity index is 1.54. The van der Waals surface area contributed by atoms with Crippen LogP contribution in [-0.2, 0) is 19.1 Å². The summed E-state index contributed by atoms with van der Waals surface area (Å²) in [6.45, 7) is 13.1. The van der Waals surface area contributed by atoms with E-state index in [1.54, 1.807) is 6.92 Å². The average Bonchev–Trinajstić information content (AvgIpc) is 3.13. The van der Waals surface area contributed by atoms with Gasteiger partial charge in [-0.05, 0) is 107 Å². The van der Waals surface area contributed by atoms with E-state index in [2.05, 4.69) is 42.8 Å². The summed E-state index contributed by atoms with van der Waals surface area (Å²) in [4.78, 5) is 24.0. The van der Waals surface area contributed by atoms with E-state index in [1.807, 2.05) is 0 Å². The zero-order chi connectivity index (χ0) is 27.3. The highest BCUT2D eigenvalue weighted by atomic mass is 79.9. The first-order valence-corrected chi connectivity index (χ1v) is 15.5. The van der Waals surface area contributed by atoms with E-state index in [1.165, 1.54) is 45.6 Å². The number of esters is 2. The van der Waals surface area contributed by atoms with Gasteiger partial charge in [0, 0.05) is 24.1 Å². The lowest BCUT2D eigenvalue weighted by molar-refractivity contribution is -0.162. The lowest BCUT2D eigenvalue weighted by Crippen LogP contribution is -2.57. The van der Waals surface area contributed by atoms with Crippen molar-refractivity contribution < 1.29 is 23.5 Å². The van der Waals surface area contributed by atoms with Gasteiger partial charge in [0.1, 0.15) is 17.9 Å². The second kappa shape index (κ2) is 10.6. The molecule has 0 radical (unpaired) electrons. The molecule has 0 aliphatic heterocycles. The number of fused-ring (bicyclic) bond motifs is 5. The van der Waals surface area contributed by atoms with Gasteiger partial charge in [-0.3, -0.25) is 9.59 Å². The average molecular weight is 584 g/mol. The fraction of sp³-hybridized carbons (Fsp3) is 0.871. The van der Waals surface area contributed by atoms with E-state index < -0.39 is 17.7 Å². The zero-order valence-electron chi connectivity index (χ0n) is 23.9. The number of alkyl halides is 2. The smallest absolute Gasteiger partial charge is 0.303 e. The first-order chi connectivity index (χ1) is 17.2. The molecular weight excluding hydrogens is 535 g/mol. The molecule has 0 bridgehead atoms. The molecule has 0 amide bonds. The fourth-order valence-corrected chi connectivity index (χ4v) is 10.4. The van der Waals surface area contributed by atoms with Crippen LogP contribution in [0.25, 0.3) is 0 Å². The molecule has 0 aromatic carbocycles. The maximum atomic E-state index is 14.8. The number of rotatable bonds is 7. The van der Waals surface area contributed by atoms with Crippen LogP contribution in [0.2, 0.25) is 0 Å². The maximum absolute atomic E-state index is 14.8. The van der Waals surface area contributed by atoms with Gasteiger partial charge in [-0.25, -0.2) is 4.39 Å². The molecule has 6 heteroatoms. The van der Waals surface area contributed by atoms with Gasteiger partial charge in [-0.1, -0.05) is 48.4 Å². The van der Waals surface area contributed by atoms with Gasteiger partial charge in [-0.2, -0.15) is 0 Å². The molecule has 0 aromatic rings. The number of hydrogen-bond donors (Lipinski definition) is 0. The summed E-state index contributed by atoms with van der Waals surface area (Å²) in [5.74, 6) is 2.09. The third-order valence-corrected chi connectivity index (χ3v) is 12.0. The van der Waals surface area contributed by atoms with Crippen molar-refractivity contribution in [3.05, 3.63) is 11.6 Å². The van der Waals surface area contributed by atoms with Crippen molar-refractivity contribution >= 4 is 27.9 Å². The number of halogens is 2. The van der Waals surface area contributed by atoms with Crippen LogP contribution in [0.4, 0.5) is 4.39 Å². The molecular formula is C31H48BrFO4. The molecule has 0 saturated heterocycles. The molecule has 4 rings (SSSR count). The van der Waals surface area contributed by atoms with E-state index in [-0.39, 0.29) is 22.9 Å². The Hall–Kier alpha value is -0.910. The topological polar surface area (TPSA) is 52.6 Å². The molecule has 4 aliphatic carbocycles. The molecule has 0 N–H and O–H groups in total. The number of hydrogen-bond acceptors (Lipinski definition) is 4. The fourth-order valence-electron chi connectivity index (χ4n) is 9.35. The van der Waals surface area contributed by atoms with E-state index >= 15 is 0 Å². The Morgan fingerprint density at radius 3 is 2.43 bits per heavy atom. The Kier molecular flexibility index (Phi) is 8.31. The van der Waals surface area contributed by atoms with Crippen LogP contribution in [0, 0.1) is 40.4 Å². The minimum atomic E-state index is -1.55. The van der Waals surface area contributed by atoms with Gasteiger partial charge in [0.2, 0.25) is 0 Å². The third-order valence-electron chi connectivity index (χ3n) is 11.1. The SMILES string of the molecule is CC(=O)OC(CC[C@@H](C)[C@H]1CC[C@H]2[C@@H]3C(Br)C=C4CCC[C@H](OC(C)=O)[C@]4(C)[C@H]3CC[C@]12C)C(C)(C)F. The van der Waals surface area contributed by atoms with Crippen LogP contribution in [0.1, 0.15) is 106 Å². The van der Waals surface area contributed by atoms with Gasteiger partial charge in [-0.15, -0.1) is 0 Å². The van der Waals surface area contributed by atoms with Gasteiger partial charge >= 0.3 is 11.9 Å². The Morgan fingerprint density at radius 1 is 1.11 bits per heavy atom. The molecule has 0 heterocycles. The quantitative estimate of drug-likeness (QED) is 0.173. The molecule has 0 aromatic heterocycles. The Morgan fingerprint density at radius 2 is 1.81 bits per heavy atom. The van der Waals surface area contributed by atoms with Gasteiger partial charge in [0.25, 0.3) is 0 Å². The van der Waals surface area contributed by atoms with Crippen LogP contribution in [0.3, 0.4) is 0 Å². The first kappa shape index (κ1) is 29.1. The van der Waals surface area contributed by atoms with Crippen molar-refractivity contribution in [1.29, 1.82) is 0 Å². The van der Waals surface area contributed by atoms with E-state index in [0.29, 0.717) is 40.8 Å². The molecule has 10 atom stereocenters. The molecule has 210 valence electrons. The second-order valence-corrected chi connectivity index (χ2v) is 14.7. The molecule has 3 fully saturated rings. The van der Waals surface area contributed by atoms with Crippen LogP contribution in [0.15, 0.2) is 11.6 Å². The minimum absolute atomic E-state index is 0.0276. The molecule has 37 heavy (non-hydrogen) atoms. The van der Waals surface area contributed by atoms with Crippen molar-refractivity contribution in [2.45, 2.75) is 129 Å². The first-order valence-electron chi connectivity index (χ1n) is 14.6. The third kappa shape index (κ3) is 5.31. The zero-order valence-corrected chi connectivity index (χ0v) is 25.5. The standard InChI is InChI=1S/C31H48BrFO4/c1-18(11-14-26(29(4,5)33)36-19(2)34)22-12-13-23-28-24(15-16-30(22,23)6)31(7)21(17-25(28)32)9-8-10-27(31)37-20(3)35/h17-18,22-28H,8-16H2,1-7H3/t18-,22-,23+,24+,25?,26?,27+,28+,30-,31+/m1/s1. The summed E-state index contributed by atoms with van der Waals surface area (Å²) in [5.41, 5.74) is 0.107. The number of carbonyl (C=O) groups is 2. The molecule has 0 spiro atoms. The van der Waals surface area contributed by atoms with Crippen molar-refractivity contribution in [1.82, 2.24) is 0 Å². The van der Waals surface area contributed by atoms with Gasteiger partial charge in [0.05, 0.1) is 0 Å². The van der Waals surface area contributed by atoms with Crippen LogP contribution in [0.5, 0.6) is 0 Å². The van der Waals surface area contributed by atoms with Crippen molar-refractivity contribution in [2.24, 2.45) is 40.4 Å². The predicted octanol–water partition coefficient (Wildman–Crippen LogP) is 7.97. The summed E-state index contributed by atoms with van der Waals surface area (Å²) in [7, 11) is 0. The monoisotopic (exact) mass is 582 g/mol. The number of allylic oxidation sites excluding steroid dienone is 1. The van der Waals surface area contributed by atoms with Crippen LogP contribution < -0.4 is 0 Å². The number of carbonyl (C=O) groups excluding carboxylic acids is 2. The van der Waals surface area contributed by atoms with Crippen molar-refractivity contribution in [2.75, 3.05) is 0 Å². The normalized spacial score (nSPS) is 40.9. The number of ether oxygens (including phenoxy) is 2. The summed E-state index contributed by atoms with van der Waals surface area (Å²) < 4.78 is 26.1. The molecule has 2 unspecified atom stereocenters. The summed E-state index contributed by atoms with van der Waals surface area (Å²) in [5, 5.41) is 0. The van der Waals surface area contributed by atoms with Crippen molar-refractivity contribution in [3.63, 3.8) is 0 Å². The lowest BCUT2D eigenvalue weighted by atomic mass is 9.46. The largest absolute Gasteiger partial charge is 0.462 e. The lowest BCUT2D eigenvalue weighted by Gasteiger charge is -2.60. The highest BCUT2D eigenvalue weighted by Crippen LogP contribution is 2.68. The molecule has 4 aliphatic rings. The van der Waals surface area contributed by atoms with Crippen LogP contribution >= 0.6 is 15.9 Å². The van der Waals surface area contributed by atoms with Crippen LogP contribution in [-0.4, -0.2) is 34.6 Å². The Bertz CT molecular complexity index is 911. The van der Waals surface area contributed by atoms with E-state index in [0.717, 1.165) is 32.1 Å². The molecule has 3 saturated carbocycles. The minimum Gasteiger partial charge on any atom is -0.462 e. The summed E-state index contributed by atoms with van der Waals surface area (Å²) >= 11 is 4.12. The summed E-state index contributed by atoms with van der Waals surface area (Å²) in [6, 6.07) is 0. The second-order valence-electron chi connectivity index (χ2n) is 13.6. The highest BCUT2D eigenvalue weighted by molar-refractivity contribution is 9.09. The maximum Gasteiger partial charge on any atom is 0.303 e. The highest BCUT2D eigenvalue weighted by Gasteiger charge is 2.62. The van der Waals surface area contributed by atoms with Crippen molar-refractivity contribution in [3.8, 4) is 0 Å². The molecule has 4 nitrogen and oxygen atoms in total. The van der Waals surface area contributed by atoms with E-state index in [4.69, 9.17) is 9.47 Å². The van der Waals surface area contributed by atoms with Gasteiger partial charge < -0.3 is 9.47 Å². The van der Waals surface area contributed by atoms with Gasteiger partial charge in [0.15, 0.2) is 0 Å². The summed E-state index contributed by atoms with van der Waals surface area (Å²) in [6.07, 6.45) is 11.1. The predicted molar refractivity (Wildman–Crippen MR) is 148 cm³/mol. The Labute approximate surface area is 232 Å².